The largest absolute Gasteiger partial charge is 0.364 e. The molecule has 1 aliphatic carbocycles. The number of primary amides is 1. The van der Waals surface area contributed by atoms with E-state index in [1.54, 1.807) is 12.5 Å². The van der Waals surface area contributed by atoms with Crippen molar-refractivity contribution in [1.29, 1.82) is 0 Å². The van der Waals surface area contributed by atoms with Crippen LogP contribution in [0.5, 0.6) is 0 Å². The molecular formula is C10H16N4O. The summed E-state index contributed by atoms with van der Waals surface area (Å²) in [4.78, 5) is 14.8. The molecule has 1 heterocycles. The average molecular weight is 208 g/mol. The smallest absolute Gasteiger partial charge is 0.268 e. The van der Waals surface area contributed by atoms with Gasteiger partial charge in [-0.1, -0.05) is 0 Å². The second-order valence-electron chi connectivity index (χ2n) is 4.14. The molecule has 15 heavy (non-hydrogen) atoms. The fourth-order valence-electron chi connectivity index (χ4n) is 2.06. The summed E-state index contributed by atoms with van der Waals surface area (Å²) in [7, 11) is 0. The summed E-state index contributed by atoms with van der Waals surface area (Å²) < 4.78 is 1.98. The second kappa shape index (κ2) is 4.02. The van der Waals surface area contributed by atoms with Gasteiger partial charge in [-0.2, -0.15) is 0 Å². The highest BCUT2D eigenvalue weighted by molar-refractivity contribution is 5.90. The normalized spacial score (nSPS) is 26.5. The average Bonchev–Trinajstić information content (AvgIpc) is 2.68. The van der Waals surface area contributed by atoms with Crippen LogP contribution in [0.3, 0.4) is 0 Å². The van der Waals surface area contributed by atoms with Crippen molar-refractivity contribution in [2.75, 3.05) is 0 Å². The third kappa shape index (κ3) is 2.18. The molecule has 82 valence electrons. The van der Waals surface area contributed by atoms with Gasteiger partial charge in [-0.25, -0.2) is 4.98 Å². The molecule has 1 amide bonds. The number of nitrogens with two attached hydrogens (primary N) is 2. The molecule has 5 nitrogen and oxygen atoms in total. The topological polar surface area (TPSA) is 86.9 Å². The van der Waals surface area contributed by atoms with Crippen molar-refractivity contribution in [1.82, 2.24) is 9.55 Å². The van der Waals surface area contributed by atoms with Gasteiger partial charge < -0.3 is 16.0 Å². The standard InChI is InChI=1S/C10H16N4O/c11-7-1-3-8(4-2-7)14-5-9(10(12)15)13-6-14/h5-8H,1-4,11H2,(H2,12,15). The van der Waals surface area contributed by atoms with E-state index in [4.69, 9.17) is 11.5 Å². The van der Waals surface area contributed by atoms with Crippen LogP contribution < -0.4 is 11.5 Å². The number of amides is 1. The summed E-state index contributed by atoms with van der Waals surface area (Å²) in [6, 6.07) is 0.755. The Morgan fingerprint density at radius 3 is 2.60 bits per heavy atom. The molecule has 0 aromatic carbocycles. The van der Waals surface area contributed by atoms with Crippen molar-refractivity contribution in [3.63, 3.8) is 0 Å². The Hall–Kier alpha value is -1.36. The maximum atomic E-state index is 10.9. The predicted octanol–water partition coefficient (Wildman–Crippen LogP) is 0.424. The fourth-order valence-corrected chi connectivity index (χ4v) is 2.06. The first-order valence-corrected chi connectivity index (χ1v) is 5.25. The molecular weight excluding hydrogens is 192 g/mol. The van der Waals surface area contributed by atoms with Gasteiger partial charge in [0.15, 0.2) is 0 Å². The minimum Gasteiger partial charge on any atom is -0.364 e. The molecule has 0 radical (unpaired) electrons. The zero-order chi connectivity index (χ0) is 10.8. The van der Waals surface area contributed by atoms with E-state index in [2.05, 4.69) is 4.98 Å². The minimum absolute atomic E-state index is 0.334. The number of carbonyl (C=O) groups is 1. The molecule has 1 fully saturated rings. The van der Waals surface area contributed by atoms with Crippen LogP contribution in [-0.2, 0) is 0 Å². The van der Waals surface area contributed by atoms with Crippen LogP contribution in [0.25, 0.3) is 0 Å². The summed E-state index contributed by atoms with van der Waals surface area (Å²) in [6.45, 7) is 0. The van der Waals surface area contributed by atoms with Gasteiger partial charge in [0.1, 0.15) is 5.69 Å². The van der Waals surface area contributed by atoms with E-state index in [9.17, 15) is 4.79 Å². The van der Waals surface area contributed by atoms with Gasteiger partial charge in [0.25, 0.3) is 5.91 Å². The van der Waals surface area contributed by atoms with Crippen molar-refractivity contribution >= 4 is 5.91 Å². The fraction of sp³-hybridized carbons (Fsp3) is 0.600. The molecule has 0 spiro atoms. The predicted molar refractivity (Wildman–Crippen MR) is 56.2 cm³/mol. The first-order valence-electron chi connectivity index (χ1n) is 5.25. The summed E-state index contributed by atoms with van der Waals surface area (Å²) in [5.41, 5.74) is 11.3. The minimum atomic E-state index is -0.471. The van der Waals surface area contributed by atoms with Crippen LogP contribution >= 0.6 is 0 Å². The van der Waals surface area contributed by atoms with E-state index in [0.29, 0.717) is 17.8 Å². The summed E-state index contributed by atoms with van der Waals surface area (Å²) in [5.74, 6) is -0.471. The lowest BCUT2D eigenvalue weighted by molar-refractivity contribution is 0.0996. The van der Waals surface area contributed by atoms with Crippen molar-refractivity contribution in [2.45, 2.75) is 37.8 Å². The molecule has 0 atom stereocenters. The van der Waals surface area contributed by atoms with E-state index >= 15 is 0 Å². The number of hydrogen-bond acceptors (Lipinski definition) is 3. The molecule has 4 N–H and O–H groups in total. The van der Waals surface area contributed by atoms with E-state index in [1.165, 1.54) is 0 Å². The van der Waals surface area contributed by atoms with Crippen LogP contribution in [0.15, 0.2) is 12.5 Å². The first-order chi connectivity index (χ1) is 7.16. The van der Waals surface area contributed by atoms with Gasteiger partial charge in [0.2, 0.25) is 0 Å². The van der Waals surface area contributed by atoms with Crippen LogP contribution in [0.1, 0.15) is 42.2 Å². The Balaban J connectivity index is 2.06. The van der Waals surface area contributed by atoms with Crippen molar-refractivity contribution in [2.24, 2.45) is 11.5 Å². The number of imidazole rings is 1. The molecule has 0 unspecified atom stereocenters. The Kier molecular flexibility index (Phi) is 2.73. The molecule has 0 saturated heterocycles. The maximum absolute atomic E-state index is 10.9. The lowest BCUT2D eigenvalue weighted by atomic mass is 9.92. The maximum Gasteiger partial charge on any atom is 0.268 e. The van der Waals surface area contributed by atoms with E-state index in [-0.39, 0.29) is 0 Å². The Labute approximate surface area is 88.5 Å². The number of rotatable bonds is 2. The van der Waals surface area contributed by atoms with Gasteiger partial charge in [-0.15, -0.1) is 0 Å². The number of hydrogen-bond donors (Lipinski definition) is 2. The van der Waals surface area contributed by atoms with Gasteiger partial charge in [-0.05, 0) is 25.7 Å². The zero-order valence-corrected chi connectivity index (χ0v) is 8.60. The monoisotopic (exact) mass is 208 g/mol. The van der Waals surface area contributed by atoms with Crippen LogP contribution in [-0.4, -0.2) is 21.5 Å². The molecule has 1 aromatic rings. The summed E-state index contributed by atoms with van der Waals surface area (Å²) in [6.07, 6.45) is 7.58. The van der Waals surface area contributed by atoms with Gasteiger partial charge in [0.05, 0.1) is 6.33 Å². The van der Waals surface area contributed by atoms with E-state index in [0.717, 1.165) is 25.7 Å². The number of aromatic nitrogens is 2. The molecule has 1 aliphatic rings. The Bertz CT molecular complexity index is 352. The number of carbonyl (C=O) groups excluding carboxylic acids is 1. The quantitative estimate of drug-likeness (QED) is 0.738. The molecule has 2 rings (SSSR count). The Morgan fingerprint density at radius 2 is 2.07 bits per heavy atom. The van der Waals surface area contributed by atoms with Crippen molar-refractivity contribution < 1.29 is 4.79 Å². The molecule has 0 aliphatic heterocycles. The van der Waals surface area contributed by atoms with Gasteiger partial charge in [-0.3, -0.25) is 4.79 Å². The van der Waals surface area contributed by atoms with Crippen LogP contribution in [0.4, 0.5) is 0 Å². The third-order valence-electron chi connectivity index (χ3n) is 3.02. The SMILES string of the molecule is NC(=O)c1cn(C2CCC(N)CC2)cn1. The lowest BCUT2D eigenvalue weighted by Crippen LogP contribution is -2.27. The summed E-state index contributed by atoms with van der Waals surface area (Å²) >= 11 is 0. The van der Waals surface area contributed by atoms with E-state index in [1.807, 2.05) is 4.57 Å². The highest BCUT2D eigenvalue weighted by Gasteiger charge is 2.20. The van der Waals surface area contributed by atoms with Crippen molar-refractivity contribution in [3.8, 4) is 0 Å². The molecule has 5 heteroatoms. The lowest BCUT2D eigenvalue weighted by Gasteiger charge is -2.26. The summed E-state index contributed by atoms with van der Waals surface area (Å²) in [5, 5.41) is 0. The Morgan fingerprint density at radius 1 is 1.40 bits per heavy atom. The molecule has 1 saturated carbocycles. The third-order valence-corrected chi connectivity index (χ3v) is 3.02. The zero-order valence-electron chi connectivity index (χ0n) is 8.60. The van der Waals surface area contributed by atoms with Gasteiger partial charge >= 0.3 is 0 Å². The van der Waals surface area contributed by atoms with Gasteiger partial charge in [0, 0.05) is 18.3 Å². The molecule has 1 aromatic heterocycles. The highest BCUT2D eigenvalue weighted by atomic mass is 16.1. The van der Waals surface area contributed by atoms with E-state index < -0.39 is 5.91 Å². The molecule has 0 bridgehead atoms. The highest BCUT2D eigenvalue weighted by Crippen LogP contribution is 2.27. The second-order valence-corrected chi connectivity index (χ2v) is 4.14. The van der Waals surface area contributed by atoms with Crippen molar-refractivity contribution in [3.05, 3.63) is 18.2 Å². The first kappa shape index (κ1) is 10.2. The van der Waals surface area contributed by atoms with Crippen LogP contribution in [0.2, 0.25) is 0 Å². The number of nitrogens with zero attached hydrogens (tertiary/aromatic N) is 2. The van der Waals surface area contributed by atoms with Crippen LogP contribution in [0, 0.1) is 0 Å².